The van der Waals surface area contributed by atoms with Crippen LogP contribution < -0.4 is 0 Å². The van der Waals surface area contributed by atoms with E-state index in [-0.39, 0.29) is 25.9 Å². The highest BCUT2D eigenvalue weighted by Gasteiger charge is 2.28. The van der Waals surface area contributed by atoms with Crippen LogP contribution in [0.15, 0.2) is 72.9 Å². The third-order valence-electron chi connectivity index (χ3n) is 11.1. The van der Waals surface area contributed by atoms with Gasteiger partial charge in [0.1, 0.15) is 12.7 Å². The molecule has 0 spiro atoms. The summed E-state index contributed by atoms with van der Waals surface area (Å²) in [4.78, 5) is 48.3. The molecular weight excluding hydrogens is 880 g/mol. The lowest BCUT2D eigenvalue weighted by Crippen LogP contribution is -2.30. The first-order chi connectivity index (χ1) is 33.2. The number of carbonyl (C=O) groups is 3. The molecule has 0 saturated heterocycles. The Kier molecular flexibility index (Phi) is 48.0. The number of rotatable bonds is 49. The molecule has 0 aliphatic carbocycles. The van der Waals surface area contributed by atoms with Crippen LogP contribution in [0.1, 0.15) is 226 Å². The molecule has 0 aliphatic rings. The number of unbranched alkanes of at least 4 members (excludes halogenated alkanes) is 20. The highest BCUT2D eigenvalue weighted by molar-refractivity contribution is 7.47. The van der Waals surface area contributed by atoms with Crippen LogP contribution in [-0.4, -0.2) is 66.5 Å². The number of hydrogen-bond donors (Lipinski definition) is 2. The van der Waals surface area contributed by atoms with E-state index in [0.29, 0.717) is 19.3 Å². The number of aliphatic hydroxyl groups excluding tert-OH is 1. The number of hydrogen-bond acceptors (Lipinski definition) is 10. The summed E-state index contributed by atoms with van der Waals surface area (Å²) in [7, 11) is -4.75. The maximum atomic E-state index is 12.8. The largest absolute Gasteiger partial charge is 0.472 e. The van der Waals surface area contributed by atoms with Crippen LogP contribution in [0.2, 0.25) is 0 Å². The molecule has 0 saturated carbocycles. The van der Waals surface area contributed by atoms with E-state index in [0.717, 1.165) is 103 Å². The molecule has 0 aromatic rings. The van der Waals surface area contributed by atoms with Gasteiger partial charge in [0, 0.05) is 19.3 Å². The van der Waals surface area contributed by atoms with E-state index in [4.69, 9.17) is 23.3 Å². The van der Waals surface area contributed by atoms with Crippen LogP contribution in [0.5, 0.6) is 0 Å². The Morgan fingerprint density at radius 2 is 0.765 bits per heavy atom. The molecule has 392 valence electrons. The minimum absolute atomic E-state index is 0.141. The van der Waals surface area contributed by atoms with Crippen molar-refractivity contribution in [3.8, 4) is 0 Å². The van der Waals surface area contributed by atoms with E-state index in [1.54, 1.807) is 0 Å². The molecule has 0 aliphatic heterocycles. The predicted octanol–water partition coefficient (Wildman–Crippen LogP) is 15.4. The second-order valence-corrected chi connectivity index (χ2v) is 19.1. The number of carbonyl (C=O) groups excluding carboxylic acids is 3. The molecule has 0 aromatic heterocycles. The van der Waals surface area contributed by atoms with Crippen LogP contribution in [-0.2, 0) is 42.2 Å². The zero-order valence-electron chi connectivity index (χ0n) is 43.1. The fourth-order valence-electron chi connectivity index (χ4n) is 7.02. The Bertz CT molecular complexity index is 1420. The first-order valence-corrected chi connectivity index (χ1v) is 28.3. The van der Waals surface area contributed by atoms with Gasteiger partial charge in [0.2, 0.25) is 0 Å². The normalized spacial score (nSPS) is 14.0. The maximum Gasteiger partial charge on any atom is 0.472 e. The Hall–Kier alpha value is -3.08. The second kappa shape index (κ2) is 50.3. The molecule has 0 fully saturated rings. The molecule has 3 atom stereocenters. The van der Waals surface area contributed by atoms with E-state index in [2.05, 4.69) is 93.7 Å². The van der Waals surface area contributed by atoms with Gasteiger partial charge in [-0.2, -0.15) is 0 Å². The summed E-state index contributed by atoms with van der Waals surface area (Å²) in [5.74, 6) is -1.53. The number of aliphatic hydroxyl groups is 1. The molecule has 0 bridgehead atoms. The highest BCUT2D eigenvalue weighted by atomic mass is 31.2. The molecule has 0 aromatic carbocycles. The fourth-order valence-corrected chi connectivity index (χ4v) is 7.81. The van der Waals surface area contributed by atoms with Gasteiger partial charge in [-0.15, -0.1) is 0 Å². The monoisotopic (exact) mass is 977 g/mol. The number of esters is 3. The van der Waals surface area contributed by atoms with E-state index < -0.39 is 57.8 Å². The van der Waals surface area contributed by atoms with Gasteiger partial charge in [0.05, 0.1) is 19.8 Å². The van der Waals surface area contributed by atoms with Crippen molar-refractivity contribution in [2.24, 2.45) is 0 Å². The lowest BCUT2D eigenvalue weighted by Gasteiger charge is -2.21. The van der Waals surface area contributed by atoms with E-state index in [9.17, 15) is 28.9 Å². The van der Waals surface area contributed by atoms with Crippen molar-refractivity contribution in [1.82, 2.24) is 0 Å². The average Bonchev–Trinajstić information content (AvgIpc) is 3.32. The molecule has 0 rings (SSSR count). The summed E-state index contributed by atoms with van der Waals surface area (Å²) >= 11 is 0. The van der Waals surface area contributed by atoms with Crippen molar-refractivity contribution < 1.29 is 52.2 Å². The van der Waals surface area contributed by atoms with Gasteiger partial charge in [-0.3, -0.25) is 23.4 Å². The van der Waals surface area contributed by atoms with Crippen molar-refractivity contribution in [3.05, 3.63) is 72.9 Å². The van der Waals surface area contributed by atoms with E-state index in [1.165, 1.54) is 64.2 Å². The number of allylic oxidation sites excluding steroid dienone is 12. The van der Waals surface area contributed by atoms with Crippen LogP contribution in [0.3, 0.4) is 0 Å². The van der Waals surface area contributed by atoms with Crippen molar-refractivity contribution in [2.45, 2.75) is 238 Å². The summed E-state index contributed by atoms with van der Waals surface area (Å²) in [5.41, 5.74) is 0. The number of ether oxygens (including phenoxy) is 3. The quantitative estimate of drug-likeness (QED) is 0.0197. The summed E-state index contributed by atoms with van der Waals surface area (Å²) in [5, 5.41) is 9.77. The topological polar surface area (TPSA) is 155 Å². The molecule has 0 heterocycles. The van der Waals surface area contributed by atoms with Gasteiger partial charge in [-0.25, -0.2) is 4.57 Å². The van der Waals surface area contributed by atoms with Crippen LogP contribution in [0, 0.1) is 0 Å². The lowest BCUT2D eigenvalue weighted by molar-refractivity contribution is -0.161. The van der Waals surface area contributed by atoms with Crippen molar-refractivity contribution in [2.75, 3.05) is 26.4 Å². The van der Waals surface area contributed by atoms with Gasteiger partial charge in [-0.05, 0) is 89.9 Å². The van der Waals surface area contributed by atoms with Crippen molar-refractivity contribution >= 4 is 25.7 Å². The standard InChI is InChI=1S/C56H97O11P/c1-4-7-10-13-16-19-22-24-26-28-31-33-36-39-42-45-54(58)63-49-53(67-56(60)47-44-41-38-35-32-29-27-25-23-20-17-14-11-8-5-2)51-65-68(61,62)64-50-52(48-57)66-55(59)46-43-40-37-34-30-21-18-15-12-9-6-3/h7,10,16-17,19-20,24-27,31,33,52-53,57H,4-6,8-9,11-15,18,21-23,28-30,32,34-51H2,1-3H3,(H,61,62)/b10-7-,19-16-,20-17-,26-24-,27-25-,33-31-. The average molecular weight is 977 g/mol. The molecule has 68 heavy (non-hydrogen) atoms. The van der Waals surface area contributed by atoms with Gasteiger partial charge in [-0.1, -0.05) is 190 Å². The van der Waals surface area contributed by atoms with Gasteiger partial charge >= 0.3 is 25.7 Å². The van der Waals surface area contributed by atoms with Crippen molar-refractivity contribution in [1.29, 1.82) is 0 Å². The SMILES string of the molecule is CC/C=C\C/C=C\C/C=C\C/C=C\CCCCC(=O)OCC(COP(=O)(O)OCC(CO)OC(=O)CCCCCCCCCCCCC)OC(=O)CCCCCCC/C=C\C/C=C\CCCCC. The van der Waals surface area contributed by atoms with E-state index >= 15 is 0 Å². The maximum absolute atomic E-state index is 12.8. The Morgan fingerprint density at radius 1 is 0.426 bits per heavy atom. The highest BCUT2D eigenvalue weighted by Crippen LogP contribution is 2.43. The zero-order chi connectivity index (χ0) is 49.9. The molecule has 3 unspecified atom stereocenters. The third-order valence-corrected chi connectivity index (χ3v) is 12.1. The van der Waals surface area contributed by atoms with E-state index in [1.807, 2.05) is 0 Å². The Balaban J connectivity index is 4.83. The molecule has 12 heteroatoms. The predicted molar refractivity (Wildman–Crippen MR) is 279 cm³/mol. The minimum Gasteiger partial charge on any atom is -0.462 e. The summed E-state index contributed by atoms with van der Waals surface area (Å²) < 4.78 is 39.3. The minimum atomic E-state index is -4.75. The fraction of sp³-hybridized carbons (Fsp3) is 0.732. The summed E-state index contributed by atoms with van der Waals surface area (Å²) in [6.07, 6.45) is 54.4. The van der Waals surface area contributed by atoms with Gasteiger partial charge in [0.25, 0.3) is 0 Å². The number of phosphoric acid groups is 1. The Morgan fingerprint density at radius 3 is 1.24 bits per heavy atom. The van der Waals surface area contributed by atoms with Crippen molar-refractivity contribution in [3.63, 3.8) is 0 Å². The first-order valence-electron chi connectivity index (χ1n) is 26.8. The zero-order valence-corrected chi connectivity index (χ0v) is 43.9. The first kappa shape index (κ1) is 64.9. The molecule has 0 radical (unpaired) electrons. The van der Waals surface area contributed by atoms with Crippen LogP contribution in [0.4, 0.5) is 0 Å². The molecular formula is C56H97O11P. The smallest absolute Gasteiger partial charge is 0.462 e. The third kappa shape index (κ3) is 48.0. The summed E-state index contributed by atoms with van der Waals surface area (Å²) in [6, 6.07) is 0. The number of phosphoric ester groups is 1. The molecule has 0 amide bonds. The van der Waals surface area contributed by atoms with Crippen LogP contribution >= 0.6 is 7.82 Å². The Labute approximate surface area is 414 Å². The van der Waals surface area contributed by atoms with Gasteiger partial charge in [0.15, 0.2) is 6.10 Å². The molecule has 2 N–H and O–H groups in total. The lowest BCUT2D eigenvalue weighted by atomic mass is 10.1. The van der Waals surface area contributed by atoms with Crippen LogP contribution in [0.25, 0.3) is 0 Å². The van der Waals surface area contributed by atoms with Gasteiger partial charge < -0.3 is 24.2 Å². The second-order valence-electron chi connectivity index (χ2n) is 17.7. The molecule has 11 nitrogen and oxygen atoms in total. The summed E-state index contributed by atoms with van der Waals surface area (Å²) in [6.45, 7) is 4.42.